The van der Waals surface area contributed by atoms with Crippen molar-refractivity contribution in [1.29, 1.82) is 0 Å². The number of carbonyl (C=O) groups excluding carboxylic acids is 1. The molecule has 0 saturated heterocycles. The van der Waals surface area contributed by atoms with Gasteiger partial charge in [-0.2, -0.15) is 0 Å². The van der Waals surface area contributed by atoms with Crippen LogP contribution in [-0.2, 0) is 17.8 Å². The second kappa shape index (κ2) is 9.02. The van der Waals surface area contributed by atoms with Crippen molar-refractivity contribution in [3.8, 4) is 0 Å². The second-order valence-corrected chi connectivity index (χ2v) is 7.96. The minimum atomic E-state index is -0.486. The molecule has 5 heteroatoms. The van der Waals surface area contributed by atoms with Gasteiger partial charge >= 0.3 is 6.09 Å². The average Bonchev–Trinajstić information content (AvgIpc) is 3.07. The van der Waals surface area contributed by atoms with Crippen LogP contribution in [0.15, 0.2) is 41.8 Å². The fourth-order valence-corrected chi connectivity index (χ4v) is 3.44. The number of benzene rings is 1. The molecule has 0 radical (unpaired) electrons. The van der Waals surface area contributed by atoms with E-state index in [1.807, 2.05) is 39.0 Å². The zero-order valence-electron chi connectivity index (χ0n) is 15.5. The van der Waals surface area contributed by atoms with Crippen LogP contribution in [0.2, 0.25) is 0 Å². The lowest BCUT2D eigenvalue weighted by atomic mass is 10.1. The maximum atomic E-state index is 11.9. The molecule has 25 heavy (non-hydrogen) atoms. The Balaban J connectivity index is 1.94. The summed E-state index contributed by atoms with van der Waals surface area (Å²) in [4.78, 5) is 13.2. The van der Waals surface area contributed by atoms with E-state index in [0.29, 0.717) is 12.6 Å². The lowest BCUT2D eigenvalue weighted by molar-refractivity contribution is 0.0523. The SMILES string of the molecule is CCC(NCc1ccccc1CNC(=O)OC(C)(C)C)c1cccs1. The molecule has 0 aliphatic heterocycles. The molecule has 136 valence electrons. The van der Waals surface area contributed by atoms with E-state index in [9.17, 15) is 4.79 Å². The highest BCUT2D eigenvalue weighted by molar-refractivity contribution is 7.10. The lowest BCUT2D eigenvalue weighted by Crippen LogP contribution is -2.32. The maximum absolute atomic E-state index is 11.9. The number of alkyl carbamates (subject to hydrolysis) is 1. The topological polar surface area (TPSA) is 50.4 Å². The molecule has 0 fully saturated rings. The highest BCUT2D eigenvalue weighted by atomic mass is 32.1. The minimum Gasteiger partial charge on any atom is -0.444 e. The molecule has 1 atom stereocenters. The van der Waals surface area contributed by atoms with Gasteiger partial charge in [-0.1, -0.05) is 37.3 Å². The zero-order chi connectivity index (χ0) is 18.3. The summed E-state index contributed by atoms with van der Waals surface area (Å²) in [5, 5.41) is 8.57. The summed E-state index contributed by atoms with van der Waals surface area (Å²) in [5.41, 5.74) is 1.80. The van der Waals surface area contributed by atoms with Crippen LogP contribution in [0.25, 0.3) is 0 Å². The fourth-order valence-electron chi connectivity index (χ4n) is 2.55. The van der Waals surface area contributed by atoms with Crippen molar-refractivity contribution in [2.75, 3.05) is 0 Å². The molecule has 4 nitrogen and oxygen atoms in total. The zero-order valence-corrected chi connectivity index (χ0v) is 16.3. The summed E-state index contributed by atoms with van der Waals surface area (Å²) >= 11 is 1.78. The number of rotatable bonds is 7. The number of ether oxygens (including phenoxy) is 1. The highest BCUT2D eigenvalue weighted by Gasteiger charge is 2.16. The Morgan fingerprint density at radius 3 is 2.36 bits per heavy atom. The third kappa shape index (κ3) is 6.52. The quantitative estimate of drug-likeness (QED) is 0.729. The van der Waals surface area contributed by atoms with Crippen molar-refractivity contribution in [3.05, 3.63) is 57.8 Å². The van der Waals surface area contributed by atoms with Crippen LogP contribution < -0.4 is 10.6 Å². The number of thiophene rings is 1. The third-order valence-corrected chi connectivity index (χ3v) is 4.76. The molecule has 2 N–H and O–H groups in total. The summed E-state index contributed by atoms with van der Waals surface area (Å²) in [5.74, 6) is 0. The Kier molecular flexibility index (Phi) is 7.02. The van der Waals surface area contributed by atoms with E-state index in [2.05, 4.69) is 41.1 Å². The molecule has 1 heterocycles. The van der Waals surface area contributed by atoms with E-state index in [1.165, 1.54) is 10.4 Å². The number of amides is 1. The van der Waals surface area contributed by atoms with Gasteiger partial charge in [-0.15, -0.1) is 11.3 Å². The van der Waals surface area contributed by atoms with Gasteiger partial charge < -0.3 is 15.4 Å². The summed E-state index contributed by atoms with van der Waals surface area (Å²) in [7, 11) is 0. The van der Waals surface area contributed by atoms with Crippen LogP contribution in [0, 0.1) is 0 Å². The van der Waals surface area contributed by atoms with Gasteiger partial charge in [-0.05, 0) is 49.8 Å². The maximum Gasteiger partial charge on any atom is 0.407 e. The van der Waals surface area contributed by atoms with E-state index in [0.717, 1.165) is 18.5 Å². The van der Waals surface area contributed by atoms with Crippen molar-refractivity contribution in [2.45, 2.75) is 58.8 Å². The molecular formula is C20H28N2O2S. The van der Waals surface area contributed by atoms with Crippen LogP contribution in [-0.4, -0.2) is 11.7 Å². The molecule has 0 saturated carbocycles. The fraction of sp³-hybridized carbons (Fsp3) is 0.450. The van der Waals surface area contributed by atoms with Crippen molar-refractivity contribution in [2.24, 2.45) is 0 Å². The Labute approximate surface area is 154 Å². The summed E-state index contributed by atoms with van der Waals surface area (Å²) in [6.07, 6.45) is 0.652. The van der Waals surface area contributed by atoms with Gasteiger partial charge in [0.05, 0.1) is 0 Å². The largest absolute Gasteiger partial charge is 0.444 e. The molecule has 0 bridgehead atoms. The van der Waals surface area contributed by atoms with Gasteiger partial charge in [0.1, 0.15) is 5.60 Å². The molecule has 2 aromatic rings. The average molecular weight is 361 g/mol. The van der Waals surface area contributed by atoms with Crippen molar-refractivity contribution in [3.63, 3.8) is 0 Å². The Hall–Kier alpha value is -1.85. The smallest absolute Gasteiger partial charge is 0.407 e. The molecule has 0 aliphatic rings. The van der Waals surface area contributed by atoms with Crippen molar-refractivity contribution in [1.82, 2.24) is 10.6 Å². The predicted molar refractivity (Wildman–Crippen MR) is 104 cm³/mol. The molecule has 1 unspecified atom stereocenters. The molecular weight excluding hydrogens is 332 g/mol. The van der Waals surface area contributed by atoms with E-state index in [-0.39, 0.29) is 6.09 Å². The van der Waals surface area contributed by atoms with Gasteiger partial charge in [-0.3, -0.25) is 0 Å². The number of carbonyl (C=O) groups is 1. The molecule has 1 amide bonds. The standard InChI is InChI=1S/C20H28N2O2S/c1-5-17(18-11-8-12-25-18)21-13-15-9-6-7-10-16(15)14-22-19(23)24-20(2,3)4/h6-12,17,21H,5,13-14H2,1-4H3,(H,22,23). The van der Waals surface area contributed by atoms with Crippen LogP contribution in [0.4, 0.5) is 4.79 Å². The third-order valence-electron chi connectivity index (χ3n) is 3.77. The molecule has 1 aromatic carbocycles. The Morgan fingerprint density at radius 2 is 1.80 bits per heavy atom. The Bertz CT molecular complexity index is 663. The van der Waals surface area contributed by atoms with Crippen molar-refractivity contribution < 1.29 is 9.53 Å². The summed E-state index contributed by atoms with van der Waals surface area (Å²) < 4.78 is 5.30. The first-order valence-corrected chi connectivity index (χ1v) is 9.57. The number of nitrogens with one attached hydrogen (secondary N) is 2. The normalized spacial score (nSPS) is 12.6. The molecule has 1 aromatic heterocycles. The van der Waals surface area contributed by atoms with Gasteiger partial charge in [-0.25, -0.2) is 4.79 Å². The minimum absolute atomic E-state index is 0.354. The van der Waals surface area contributed by atoms with E-state index in [4.69, 9.17) is 4.74 Å². The molecule has 0 spiro atoms. The first-order chi connectivity index (χ1) is 11.9. The van der Waals surface area contributed by atoms with E-state index in [1.54, 1.807) is 11.3 Å². The van der Waals surface area contributed by atoms with Crippen LogP contribution in [0.1, 0.15) is 56.2 Å². The van der Waals surface area contributed by atoms with Gasteiger partial charge in [0, 0.05) is 24.0 Å². The summed E-state index contributed by atoms with van der Waals surface area (Å²) in [6.45, 7) is 9.00. The highest BCUT2D eigenvalue weighted by Crippen LogP contribution is 2.22. The first kappa shape index (κ1) is 19.5. The lowest BCUT2D eigenvalue weighted by Gasteiger charge is -2.20. The Morgan fingerprint density at radius 1 is 1.12 bits per heavy atom. The molecule has 2 rings (SSSR count). The van der Waals surface area contributed by atoms with Gasteiger partial charge in [0.15, 0.2) is 0 Å². The first-order valence-electron chi connectivity index (χ1n) is 8.69. The van der Waals surface area contributed by atoms with Crippen LogP contribution >= 0.6 is 11.3 Å². The van der Waals surface area contributed by atoms with E-state index < -0.39 is 5.60 Å². The predicted octanol–water partition coefficient (Wildman–Crippen LogP) is 5.01. The van der Waals surface area contributed by atoms with Crippen LogP contribution in [0.3, 0.4) is 0 Å². The number of hydrogen-bond acceptors (Lipinski definition) is 4. The van der Waals surface area contributed by atoms with E-state index >= 15 is 0 Å². The van der Waals surface area contributed by atoms with Gasteiger partial charge in [0.25, 0.3) is 0 Å². The van der Waals surface area contributed by atoms with Crippen LogP contribution in [0.5, 0.6) is 0 Å². The van der Waals surface area contributed by atoms with Gasteiger partial charge in [0.2, 0.25) is 0 Å². The second-order valence-electron chi connectivity index (χ2n) is 6.98. The molecule has 0 aliphatic carbocycles. The monoisotopic (exact) mass is 360 g/mol. The number of hydrogen-bond donors (Lipinski definition) is 2. The summed E-state index contributed by atoms with van der Waals surface area (Å²) in [6, 6.07) is 12.8. The van der Waals surface area contributed by atoms with Crippen molar-refractivity contribution >= 4 is 17.4 Å².